The Morgan fingerprint density at radius 1 is 1.12 bits per heavy atom. The highest BCUT2D eigenvalue weighted by Crippen LogP contribution is 2.36. The molecule has 4 rings (SSSR count). The number of benzene rings is 2. The molecule has 4 nitrogen and oxygen atoms in total. The van der Waals surface area contributed by atoms with Crippen LogP contribution in [0.15, 0.2) is 42.5 Å². The van der Waals surface area contributed by atoms with Crippen LogP contribution < -0.4 is 14.8 Å². The van der Waals surface area contributed by atoms with Gasteiger partial charge in [-0.05, 0) is 50.1 Å². The minimum absolute atomic E-state index is 0.272. The molecule has 1 aliphatic rings. The fraction of sp³-hybridized carbons (Fsp3) is 0.286. The normalized spacial score (nSPS) is 13.4. The minimum Gasteiger partial charge on any atom is -0.454 e. The smallest absolute Gasteiger partial charge is 0.231 e. The van der Waals surface area contributed by atoms with Gasteiger partial charge in [-0.25, -0.2) is 4.98 Å². The predicted molar refractivity (Wildman–Crippen MR) is 104 cm³/mol. The van der Waals surface area contributed by atoms with Crippen LogP contribution in [0.1, 0.15) is 30.7 Å². The topological polar surface area (TPSA) is 43.4 Å². The number of rotatable bonds is 4. The van der Waals surface area contributed by atoms with Gasteiger partial charge in [0.2, 0.25) is 6.79 Å². The number of para-hydroxylation sites is 1. The van der Waals surface area contributed by atoms with Gasteiger partial charge in [0.15, 0.2) is 11.5 Å². The Morgan fingerprint density at radius 3 is 2.73 bits per heavy atom. The minimum atomic E-state index is -0.272. The van der Waals surface area contributed by atoms with Crippen LogP contribution in [0, 0.1) is 6.92 Å². The van der Waals surface area contributed by atoms with Crippen molar-refractivity contribution in [2.24, 2.45) is 0 Å². The van der Waals surface area contributed by atoms with Crippen LogP contribution in [-0.2, 0) is 12.1 Å². The molecule has 0 unspecified atom stereocenters. The van der Waals surface area contributed by atoms with Crippen molar-refractivity contribution in [2.45, 2.75) is 32.9 Å². The van der Waals surface area contributed by atoms with E-state index >= 15 is 0 Å². The average Bonchev–Trinajstić information content (AvgIpc) is 3.11. The summed E-state index contributed by atoms with van der Waals surface area (Å²) in [6.45, 7) is 7.16. The third-order valence-corrected chi connectivity index (χ3v) is 5.44. The van der Waals surface area contributed by atoms with Crippen LogP contribution in [-0.4, -0.2) is 11.8 Å². The number of halogens is 1. The Morgan fingerprint density at radius 2 is 1.88 bits per heavy atom. The molecule has 0 amide bonds. The number of aromatic nitrogens is 1. The van der Waals surface area contributed by atoms with Crippen molar-refractivity contribution in [2.75, 3.05) is 6.79 Å². The molecule has 5 heteroatoms. The lowest BCUT2D eigenvalue weighted by Crippen LogP contribution is -2.36. The number of hydrogen-bond donors (Lipinski definition) is 1. The first-order valence-corrected chi connectivity index (χ1v) is 9.02. The fourth-order valence-corrected chi connectivity index (χ4v) is 3.44. The van der Waals surface area contributed by atoms with Crippen LogP contribution >= 0.6 is 11.6 Å². The summed E-state index contributed by atoms with van der Waals surface area (Å²) in [6, 6.07) is 14.1. The molecule has 0 atom stereocenters. The summed E-state index contributed by atoms with van der Waals surface area (Å²) in [5.41, 5.74) is 3.74. The van der Waals surface area contributed by atoms with Gasteiger partial charge >= 0.3 is 0 Å². The highest BCUT2D eigenvalue weighted by atomic mass is 35.5. The second-order valence-electron chi connectivity index (χ2n) is 7.06. The zero-order valence-corrected chi connectivity index (χ0v) is 15.9. The van der Waals surface area contributed by atoms with Crippen molar-refractivity contribution in [3.63, 3.8) is 0 Å². The van der Waals surface area contributed by atoms with Crippen molar-refractivity contribution in [3.8, 4) is 11.5 Å². The van der Waals surface area contributed by atoms with Gasteiger partial charge in [0.1, 0.15) is 0 Å². The zero-order valence-electron chi connectivity index (χ0n) is 15.1. The van der Waals surface area contributed by atoms with Crippen molar-refractivity contribution in [3.05, 3.63) is 64.3 Å². The van der Waals surface area contributed by atoms with Crippen molar-refractivity contribution in [1.29, 1.82) is 0 Å². The number of fused-ring (bicyclic) bond motifs is 2. The number of pyridine rings is 1. The van der Waals surface area contributed by atoms with Gasteiger partial charge in [0.05, 0.1) is 16.2 Å². The number of ether oxygens (including phenoxy) is 2. The molecule has 0 radical (unpaired) electrons. The first-order chi connectivity index (χ1) is 12.5. The van der Waals surface area contributed by atoms with E-state index in [1.165, 1.54) is 0 Å². The lowest BCUT2D eigenvalue weighted by Gasteiger charge is -2.27. The SMILES string of the molecule is Cc1c(Cl)c(CNC(C)(C)c2ccc3c(c2)OCO3)nc2ccccc12. The van der Waals surface area contributed by atoms with Crippen LogP contribution in [0.4, 0.5) is 0 Å². The summed E-state index contributed by atoms with van der Waals surface area (Å²) in [5.74, 6) is 1.58. The van der Waals surface area contributed by atoms with E-state index in [9.17, 15) is 0 Å². The first-order valence-electron chi connectivity index (χ1n) is 8.64. The van der Waals surface area contributed by atoms with Crippen LogP contribution in [0.25, 0.3) is 10.9 Å². The maximum atomic E-state index is 6.58. The molecule has 1 aliphatic heterocycles. The summed E-state index contributed by atoms with van der Waals surface area (Å²) in [4.78, 5) is 4.75. The van der Waals surface area contributed by atoms with E-state index in [2.05, 4.69) is 31.3 Å². The highest BCUT2D eigenvalue weighted by Gasteiger charge is 2.24. The average molecular weight is 369 g/mol. The third kappa shape index (κ3) is 3.00. The standard InChI is InChI=1S/C21H21ClN2O2/c1-13-15-6-4-5-7-16(15)24-17(20(13)22)11-23-21(2,3)14-8-9-18-19(10-14)26-12-25-18/h4-10,23H,11-12H2,1-3H3. The maximum absolute atomic E-state index is 6.58. The molecule has 134 valence electrons. The summed E-state index contributed by atoms with van der Waals surface area (Å²) >= 11 is 6.58. The zero-order chi connectivity index (χ0) is 18.3. The van der Waals surface area contributed by atoms with Gasteiger partial charge < -0.3 is 14.8 Å². The molecule has 2 heterocycles. The van der Waals surface area contributed by atoms with E-state index < -0.39 is 0 Å². The van der Waals surface area contributed by atoms with Gasteiger partial charge in [0, 0.05) is 17.5 Å². The fourth-order valence-electron chi connectivity index (χ4n) is 3.23. The van der Waals surface area contributed by atoms with Gasteiger partial charge in [-0.3, -0.25) is 0 Å². The molecular weight excluding hydrogens is 348 g/mol. The Bertz CT molecular complexity index is 985. The molecule has 0 bridgehead atoms. The van der Waals surface area contributed by atoms with Crippen LogP contribution in [0.3, 0.4) is 0 Å². The molecule has 3 aromatic rings. The molecule has 1 N–H and O–H groups in total. The summed E-state index contributed by atoms with van der Waals surface area (Å²) in [6.07, 6.45) is 0. The first kappa shape index (κ1) is 17.1. The molecule has 0 saturated carbocycles. The number of nitrogens with one attached hydrogen (secondary N) is 1. The van der Waals surface area contributed by atoms with E-state index in [1.54, 1.807) is 0 Å². The van der Waals surface area contributed by atoms with Crippen molar-refractivity contribution < 1.29 is 9.47 Å². The quantitative estimate of drug-likeness (QED) is 0.707. The predicted octanol–water partition coefficient (Wildman–Crippen LogP) is 4.95. The van der Waals surface area contributed by atoms with Crippen LogP contribution in [0.2, 0.25) is 5.02 Å². The number of nitrogens with zero attached hydrogens (tertiary/aromatic N) is 1. The monoisotopic (exact) mass is 368 g/mol. The second kappa shape index (κ2) is 6.45. The number of hydrogen-bond acceptors (Lipinski definition) is 4. The molecule has 0 aliphatic carbocycles. The third-order valence-electron chi connectivity index (χ3n) is 4.94. The van der Waals surface area contributed by atoms with Gasteiger partial charge in [-0.2, -0.15) is 0 Å². The molecule has 26 heavy (non-hydrogen) atoms. The van der Waals surface area contributed by atoms with Gasteiger partial charge in [0.25, 0.3) is 0 Å². The van der Waals surface area contributed by atoms with E-state index in [-0.39, 0.29) is 12.3 Å². The van der Waals surface area contributed by atoms with E-state index in [0.29, 0.717) is 6.54 Å². The Hall–Kier alpha value is -2.30. The summed E-state index contributed by atoms with van der Waals surface area (Å²) < 4.78 is 10.9. The largest absolute Gasteiger partial charge is 0.454 e. The lowest BCUT2D eigenvalue weighted by atomic mass is 9.93. The number of aryl methyl sites for hydroxylation is 1. The van der Waals surface area contributed by atoms with Crippen molar-refractivity contribution >= 4 is 22.5 Å². The molecule has 2 aromatic carbocycles. The van der Waals surface area contributed by atoms with Crippen molar-refractivity contribution in [1.82, 2.24) is 10.3 Å². The summed E-state index contributed by atoms with van der Waals surface area (Å²) in [7, 11) is 0. The van der Waals surface area contributed by atoms with Crippen LogP contribution in [0.5, 0.6) is 11.5 Å². The molecule has 0 spiro atoms. The van der Waals surface area contributed by atoms with E-state index in [0.717, 1.165) is 44.2 Å². The van der Waals surface area contributed by atoms with Gasteiger partial charge in [-0.15, -0.1) is 0 Å². The van der Waals surface area contributed by atoms with Gasteiger partial charge in [-0.1, -0.05) is 35.9 Å². The lowest BCUT2D eigenvalue weighted by molar-refractivity contribution is 0.174. The molecule has 0 saturated heterocycles. The highest BCUT2D eigenvalue weighted by molar-refractivity contribution is 6.32. The Kier molecular flexibility index (Phi) is 4.25. The Balaban J connectivity index is 1.60. The maximum Gasteiger partial charge on any atom is 0.231 e. The molecule has 1 aromatic heterocycles. The Labute approximate surface area is 158 Å². The van der Waals surface area contributed by atoms with E-state index in [1.807, 2.05) is 37.3 Å². The summed E-state index contributed by atoms with van der Waals surface area (Å²) in [5, 5.41) is 5.39. The molecular formula is C21H21ClN2O2. The second-order valence-corrected chi connectivity index (χ2v) is 7.44. The molecule has 0 fully saturated rings. The van der Waals surface area contributed by atoms with E-state index in [4.69, 9.17) is 26.1 Å².